The van der Waals surface area contributed by atoms with E-state index in [1.54, 1.807) is 7.11 Å². The molecule has 4 heteroatoms. The lowest BCUT2D eigenvalue weighted by Crippen LogP contribution is -2.55. The predicted molar refractivity (Wildman–Crippen MR) is 79.3 cm³/mol. The molecule has 18 heavy (non-hydrogen) atoms. The molecule has 0 aromatic heterocycles. The van der Waals surface area contributed by atoms with Gasteiger partial charge in [-0.3, -0.25) is 11.3 Å². The molecule has 0 aliphatic rings. The first-order valence-corrected chi connectivity index (χ1v) is 7.16. The van der Waals surface area contributed by atoms with E-state index in [0.717, 1.165) is 23.7 Å². The summed E-state index contributed by atoms with van der Waals surface area (Å²) in [4.78, 5) is 0. The molecule has 1 unspecified atom stereocenters. The third kappa shape index (κ3) is 3.54. The third-order valence-electron chi connectivity index (χ3n) is 3.77. The van der Waals surface area contributed by atoms with Crippen LogP contribution >= 0.6 is 15.9 Å². The van der Waals surface area contributed by atoms with Crippen molar-refractivity contribution >= 4 is 15.9 Å². The third-order valence-corrected chi connectivity index (χ3v) is 4.26. The van der Waals surface area contributed by atoms with Gasteiger partial charge in [0.25, 0.3) is 0 Å². The SMILES string of the molecule is CCC(CC)(OC)C(Cc1cccc(Br)c1)NN. The summed E-state index contributed by atoms with van der Waals surface area (Å²) in [5, 5.41) is 0. The maximum absolute atomic E-state index is 5.74. The van der Waals surface area contributed by atoms with Crippen molar-refractivity contribution in [1.82, 2.24) is 5.43 Å². The lowest BCUT2D eigenvalue weighted by molar-refractivity contribution is -0.0473. The van der Waals surface area contributed by atoms with E-state index in [1.807, 2.05) is 12.1 Å². The molecule has 0 amide bonds. The summed E-state index contributed by atoms with van der Waals surface area (Å²) in [5.74, 6) is 5.73. The fourth-order valence-corrected chi connectivity index (χ4v) is 2.92. The van der Waals surface area contributed by atoms with Crippen molar-refractivity contribution in [3.05, 3.63) is 34.3 Å². The Balaban J connectivity index is 2.90. The van der Waals surface area contributed by atoms with E-state index in [4.69, 9.17) is 10.6 Å². The van der Waals surface area contributed by atoms with Gasteiger partial charge in [0.05, 0.1) is 11.6 Å². The number of halogens is 1. The van der Waals surface area contributed by atoms with E-state index in [0.29, 0.717) is 0 Å². The number of hydrazine groups is 1. The topological polar surface area (TPSA) is 47.3 Å². The molecule has 0 fully saturated rings. The highest BCUT2D eigenvalue weighted by molar-refractivity contribution is 9.10. The molecule has 3 nitrogen and oxygen atoms in total. The van der Waals surface area contributed by atoms with Gasteiger partial charge in [-0.1, -0.05) is 41.9 Å². The van der Waals surface area contributed by atoms with Crippen LogP contribution in [-0.2, 0) is 11.2 Å². The largest absolute Gasteiger partial charge is 0.377 e. The monoisotopic (exact) mass is 314 g/mol. The van der Waals surface area contributed by atoms with E-state index in [2.05, 4.69) is 47.3 Å². The van der Waals surface area contributed by atoms with Gasteiger partial charge >= 0.3 is 0 Å². The van der Waals surface area contributed by atoms with Gasteiger partial charge in [0.2, 0.25) is 0 Å². The fraction of sp³-hybridized carbons (Fsp3) is 0.571. The predicted octanol–water partition coefficient (Wildman–Crippen LogP) is 3.03. The standard InChI is InChI=1S/C14H23BrN2O/c1-4-14(5-2,18-3)13(17-16)10-11-7-6-8-12(15)9-11/h6-9,13,17H,4-5,10,16H2,1-3H3. The smallest absolute Gasteiger partial charge is 0.0842 e. The molecule has 0 aliphatic carbocycles. The van der Waals surface area contributed by atoms with E-state index in [-0.39, 0.29) is 11.6 Å². The molecule has 0 bridgehead atoms. The van der Waals surface area contributed by atoms with Crippen molar-refractivity contribution in [1.29, 1.82) is 0 Å². The summed E-state index contributed by atoms with van der Waals surface area (Å²) >= 11 is 3.49. The molecule has 0 heterocycles. The normalized spacial score (nSPS) is 13.6. The number of rotatable bonds is 7. The molecule has 1 aromatic rings. The molecule has 0 radical (unpaired) electrons. The highest BCUT2D eigenvalue weighted by Crippen LogP contribution is 2.26. The number of hydrogen-bond donors (Lipinski definition) is 2. The van der Waals surface area contributed by atoms with Crippen LogP contribution in [0.3, 0.4) is 0 Å². The Kier molecular flexibility index (Phi) is 6.29. The minimum absolute atomic E-state index is 0.104. The second kappa shape index (κ2) is 7.24. The molecule has 0 spiro atoms. The van der Waals surface area contributed by atoms with Gasteiger partial charge in [-0.25, -0.2) is 0 Å². The number of benzene rings is 1. The first-order valence-electron chi connectivity index (χ1n) is 6.37. The van der Waals surface area contributed by atoms with Crippen LogP contribution in [0.2, 0.25) is 0 Å². The van der Waals surface area contributed by atoms with Crippen LogP contribution < -0.4 is 11.3 Å². The van der Waals surface area contributed by atoms with Crippen LogP contribution in [-0.4, -0.2) is 18.8 Å². The Morgan fingerprint density at radius 2 is 2.06 bits per heavy atom. The molecule has 102 valence electrons. The number of nitrogens with two attached hydrogens (primary N) is 1. The summed E-state index contributed by atoms with van der Waals surface area (Å²) in [7, 11) is 1.76. The second-order valence-electron chi connectivity index (χ2n) is 4.53. The van der Waals surface area contributed by atoms with Gasteiger partial charge in [-0.15, -0.1) is 0 Å². The van der Waals surface area contributed by atoms with Gasteiger partial charge < -0.3 is 4.74 Å². The second-order valence-corrected chi connectivity index (χ2v) is 5.44. The van der Waals surface area contributed by atoms with Gasteiger partial charge in [0.1, 0.15) is 0 Å². The maximum Gasteiger partial charge on any atom is 0.0842 e. The molecule has 0 aliphatic heterocycles. The zero-order chi connectivity index (χ0) is 13.6. The lowest BCUT2D eigenvalue weighted by atomic mass is 9.85. The van der Waals surface area contributed by atoms with Crippen molar-refractivity contribution in [2.24, 2.45) is 5.84 Å². The van der Waals surface area contributed by atoms with Gasteiger partial charge in [0, 0.05) is 11.6 Å². The molecular formula is C14H23BrN2O. The Labute approximate surface area is 118 Å². The van der Waals surface area contributed by atoms with Crippen molar-refractivity contribution in [2.75, 3.05) is 7.11 Å². The summed E-state index contributed by atoms with van der Waals surface area (Å²) in [6.07, 6.45) is 2.72. The zero-order valence-electron chi connectivity index (χ0n) is 11.4. The van der Waals surface area contributed by atoms with Crippen LogP contribution in [0.1, 0.15) is 32.3 Å². The van der Waals surface area contributed by atoms with Crippen molar-refractivity contribution in [3.63, 3.8) is 0 Å². The fourth-order valence-electron chi connectivity index (χ4n) is 2.47. The first kappa shape index (κ1) is 15.6. The molecule has 1 atom stereocenters. The molecular weight excluding hydrogens is 292 g/mol. The Morgan fingerprint density at radius 1 is 1.39 bits per heavy atom. The van der Waals surface area contributed by atoms with Crippen LogP contribution in [0.4, 0.5) is 0 Å². The first-order chi connectivity index (χ1) is 8.61. The molecule has 1 rings (SSSR count). The van der Waals surface area contributed by atoms with E-state index in [1.165, 1.54) is 5.56 Å². The van der Waals surface area contributed by atoms with Crippen LogP contribution in [0, 0.1) is 0 Å². The number of ether oxygens (including phenoxy) is 1. The zero-order valence-corrected chi connectivity index (χ0v) is 13.0. The number of hydrogen-bond acceptors (Lipinski definition) is 3. The summed E-state index contributed by atoms with van der Waals surface area (Å²) < 4.78 is 6.83. The average molecular weight is 315 g/mol. The Hall–Kier alpha value is -0.420. The van der Waals surface area contributed by atoms with Crippen LogP contribution in [0.5, 0.6) is 0 Å². The average Bonchev–Trinajstić information content (AvgIpc) is 2.40. The van der Waals surface area contributed by atoms with Crippen molar-refractivity contribution in [2.45, 2.75) is 44.8 Å². The lowest BCUT2D eigenvalue weighted by Gasteiger charge is -2.38. The van der Waals surface area contributed by atoms with Crippen molar-refractivity contribution < 1.29 is 4.74 Å². The number of nitrogens with one attached hydrogen (secondary N) is 1. The van der Waals surface area contributed by atoms with Crippen LogP contribution in [0.15, 0.2) is 28.7 Å². The summed E-state index contributed by atoms with van der Waals surface area (Å²) in [5.41, 5.74) is 3.96. The van der Waals surface area contributed by atoms with E-state index >= 15 is 0 Å². The maximum atomic E-state index is 5.74. The number of methoxy groups -OCH3 is 1. The summed E-state index contributed by atoms with van der Waals surface area (Å²) in [6.45, 7) is 4.27. The van der Waals surface area contributed by atoms with Crippen LogP contribution in [0.25, 0.3) is 0 Å². The molecule has 0 saturated carbocycles. The Morgan fingerprint density at radius 3 is 2.50 bits per heavy atom. The van der Waals surface area contributed by atoms with E-state index < -0.39 is 0 Å². The summed E-state index contributed by atoms with van der Waals surface area (Å²) in [6, 6.07) is 8.40. The highest BCUT2D eigenvalue weighted by Gasteiger charge is 2.35. The quantitative estimate of drug-likeness (QED) is 0.600. The van der Waals surface area contributed by atoms with Gasteiger partial charge in [0.15, 0.2) is 0 Å². The van der Waals surface area contributed by atoms with Gasteiger partial charge in [-0.05, 0) is 37.0 Å². The minimum Gasteiger partial charge on any atom is -0.377 e. The Bertz CT molecular complexity index is 358. The van der Waals surface area contributed by atoms with E-state index in [9.17, 15) is 0 Å². The molecule has 3 N–H and O–H groups in total. The van der Waals surface area contributed by atoms with Crippen molar-refractivity contribution in [3.8, 4) is 0 Å². The molecule has 0 saturated heterocycles. The molecule has 1 aromatic carbocycles. The minimum atomic E-state index is -0.211. The highest BCUT2D eigenvalue weighted by atomic mass is 79.9. The van der Waals surface area contributed by atoms with Gasteiger partial charge in [-0.2, -0.15) is 0 Å².